The van der Waals surface area contributed by atoms with Gasteiger partial charge in [0.2, 0.25) is 0 Å². The molecule has 3 N–H and O–H groups in total. The number of aldehydes is 1. The van der Waals surface area contributed by atoms with E-state index in [9.17, 15) is 14.7 Å². The van der Waals surface area contributed by atoms with Crippen molar-refractivity contribution < 1.29 is 23.8 Å². The van der Waals surface area contributed by atoms with Crippen LogP contribution in [0.25, 0.3) is 0 Å². The Balaban J connectivity index is 2.63. The van der Waals surface area contributed by atoms with Crippen LogP contribution in [0.2, 0.25) is 0 Å². The van der Waals surface area contributed by atoms with E-state index in [1.54, 1.807) is 0 Å². The first-order chi connectivity index (χ1) is 11.3. The van der Waals surface area contributed by atoms with Crippen molar-refractivity contribution in [2.75, 3.05) is 59.9 Å². The number of quaternary nitrogens is 2. The van der Waals surface area contributed by atoms with E-state index in [0.717, 1.165) is 43.2 Å². The van der Waals surface area contributed by atoms with Gasteiger partial charge in [0.1, 0.15) is 39.0 Å². The van der Waals surface area contributed by atoms with Gasteiger partial charge in [0.25, 0.3) is 5.91 Å². The van der Waals surface area contributed by atoms with Gasteiger partial charge in [-0.2, -0.15) is 5.01 Å². The van der Waals surface area contributed by atoms with E-state index in [2.05, 4.69) is 21.0 Å². The fraction of sp³-hybridized carbons (Fsp3) is 0.882. The highest BCUT2D eigenvalue weighted by Gasteiger charge is 2.48. The van der Waals surface area contributed by atoms with Crippen molar-refractivity contribution in [2.45, 2.75) is 38.7 Å². The predicted octanol–water partition coefficient (Wildman–Crippen LogP) is -0.264. The molecule has 140 valence electrons. The van der Waals surface area contributed by atoms with Crippen molar-refractivity contribution in [1.82, 2.24) is 5.01 Å². The van der Waals surface area contributed by atoms with E-state index in [4.69, 9.17) is 5.73 Å². The second kappa shape index (κ2) is 9.46. The maximum atomic E-state index is 12.5. The number of amides is 1. The van der Waals surface area contributed by atoms with Crippen LogP contribution in [0.1, 0.15) is 32.6 Å². The lowest BCUT2D eigenvalue weighted by Gasteiger charge is -2.54. The summed E-state index contributed by atoms with van der Waals surface area (Å²) in [6.07, 6.45) is 2.90. The van der Waals surface area contributed by atoms with Gasteiger partial charge in [0.05, 0.1) is 20.6 Å². The Morgan fingerprint density at radius 2 is 2.12 bits per heavy atom. The molecule has 0 aliphatic carbocycles. The molecule has 1 aliphatic heterocycles. The molecule has 7 nitrogen and oxygen atoms in total. The number of carbonyl (C=O) groups is 2. The van der Waals surface area contributed by atoms with Gasteiger partial charge in [-0.25, -0.2) is 4.59 Å². The average molecular weight is 345 g/mol. The third-order valence-corrected chi connectivity index (χ3v) is 5.15. The summed E-state index contributed by atoms with van der Waals surface area (Å²) in [7, 11) is 4.20. The van der Waals surface area contributed by atoms with Crippen molar-refractivity contribution in [3.8, 4) is 0 Å². The fourth-order valence-corrected chi connectivity index (χ4v) is 3.38. The maximum absolute atomic E-state index is 12.5. The van der Waals surface area contributed by atoms with E-state index in [0.29, 0.717) is 43.6 Å². The first kappa shape index (κ1) is 21.0. The summed E-state index contributed by atoms with van der Waals surface area (Å²) in [5.41, 5.74) is 5.78. The number of unbranched alkanes of at least 4 members (excludes halogenated alkanes) is 2. The molecule has 0 aromatic carbocycles. The third kappa shape index (κ3) is 5.81. The quantitative estimate of drug-likeness (QED) is 0.290. The fourth-order valence-electron chi connectivity index (χ4n) is 3.38. The van der Waals surface area contributed by atoms with Gasteiger partial charge in [-0.3, -0.25) is 4.79 Å². The Bertz CT molecular complexity index is 417. The molecule has 0 saturated carbocycles. The van der Waals surface area contributed by atoms with E-state index in [1.807, 2.05) is 5.01 Å². The second-order valence-electron chi connectivity index (χ2n) is 7.53. The van der Waals surface area contributed by atoms with Crippen molar-refractivity contribution >= 4 is 12.2 Å². The Morgan fingerprint density at radius 1 is 1.42 bits per heavy atom. The lowest BCUT2D eigenvalue weighted by atomic mass is 10.1. The molecular weight excluding hydrogens is 308 g/mol. The highest BCUT2D eigenvalue weighted by molar-refractivity contribution is 5.75. The minimum absolute atomic E-state index is 0.108. The highest BCUT2D eigenvalue weighted by atomic mass is 16.3. The SMILES string of the molecule is CC[N+](C)(C)CC(O)C[N+]1(CCN)CCN1C(=O)CCCCC=O. The van der Waals surface area contributed by atoms with Crippen LogP contribution in [-0.2, 0) is 9.59 Å². The first-order valence-electron chi connectivity index (χ1n) is 9.11. The van der Waals surface area contributed by atoms with Gasteiger partial charge in [0, 0.05) is 19.4 Å². The monoisotopic (exact) mass is 344 g/mol. The zero-order chi connectivity index (χ0) is 18.2. The van der Waals surface area contributed by atoms with E-state index >= 15 is 0 Å². The number of rotatable bonds is 12. The molecule has 2 atom stereocenters. The Morgan fingerprint density at radius 3 is 2.62 bits per heavy atom. The number of nitrogens with zero attached hydrogens (tertiary/aromatic N) is 3. The van der Waals surface area contributed by atoms with Crippen molar-refractivity contribution in [3.05, 3.63) is 0 Å². The van der Waals surface area contributed by atoms with Crippen LogP contribution in [-0.4, -0.2) is 97.4 Å². The largest absolute Gasteiger partial charge is 0.382 e. The normalized spacial score (nSPS) is 22.1. The molecular formula is C17H36N4O3+2. The lowest BCUT2D eigenvalue weighted by molar-refractivity contribution is -1.07. The molecule has 1 saturated heterocycles. The molecule has 0 aromatic heterocycles. The first-order valence-corrected chi connectivity index (χ1v) is 9.11. The molecule has 0 spiro atoms. The summed E-state index contributed by atoms with van der Waals surface area (Å²) in [6, 6.07) is 0. The minimum Gasteiger partial charge on any atom is -0.382 e. The van der Waals surface area contributed by atoms with Gasteiger partial charge in [-0.15, -0.1) is 0 Å². The smallest absolute Gasteiger partial charge is 0.267 e. The molecule has 24 heavy (non-hydrogen) atoms. The summed E-state index contributed by atoms with van der Waals surface area (Å²) in [5, 5.41) is 12.4. The number of hydrogen-bond donors (Lipinski definition) is 2. The Kier molecular flexibility index (Phi) is 8.29. The molecule has 2 unspecified atom stereocenters. The number of aliphatic hydroxyl groups excluding tert-OH is 1. The Labute approximate surface area is 146 Å². The van der Waals surface area contributed by atoms with Crippen LogP contribution >= 0.6 is 0 Å². The average Bonchev–Trinajstić information content (AvgIpc) is 2.49. The van der Waals surface area contributed by atoms with Crippen molar-refractivity contribution in [1.29, 1.82) is 0 Å². The van der Waals surface area contributed by atoms with Crippen LogP contribution in [0.5, 0.6) is 0 Å². The molecule has 0 aromatic rings. The zero-order valence-corrected chi connectivity index (χ0v) is 15.6. The number of hydrogen-bond acceptors (Lipinski definition) is 4. The topological polar surface area (TPSA) is 83.6 Å². The molecule has 1 heterocycles. The van der Waals surface area contributed by atoms with Gasteiger partial charge in [-0.1, -0.05) is 0 Å². The molecule has 7 heteroatoms. The van der Waals surface area contributed by atoms with E-state index in [1.165, 1.54) is 0 Å². The second-order valence-corrected chi connectivity index (χ2v) is 7.53. The summed E-state index contributed by atoms with van der Waals surface area (Å²) < 4.78 is 1.23. The molecule has 0 bridgehead atoms. The molecule has 1 aliphatic rings. The van der Waals surface area contributed by atoms with Crippen LogP contribution < -0.4 is 5.73 Å². The summed E-state index contributed by atoms with van der Waals surface area (Å²) in [6.45, 7) is 7.02. The summed E-state index contributed by atoms with van der Waals surface area (Å²) in [4.78, 5) is 22.9. The van der Waals surface area contributed by atoms with Gasteiger partial charge in [-0.05, 0) is 19.8 Å². The lowest BCUT2D eigenvalue weighted by Crippen LogP contribution is -2.76. The van der Waals surface area contributed by atoms with E-state index in [-0.39, 0.29) is 5.91 Å². The molecule has 1 rings (SSSR count). The number of likely N-dealkylation sites (N-methyl/N-ethyl adjacent to an activating group) is 1. The zero-order valence-electron chi connectivity index (χ0n) is 15.6. The number of carbonyl (C=O) groups excluding carboxylic acids is 2. The number of aliphatic hydroxyl groups is 1. The van der Waals surface area contributed by atoms with Gasteiger partial charge >= 0.3 is 0 Å². The standard InChI is InChI=1S/C17H36N4O3/c1-4-20(2,3)14-16(23)15-21(11-9-18)12-10-19(21)17(24)8-6-5-7-13-22/h13,16,23H,4-12,14-15,18H2,1-3H3/q+2. The highest BCUT2D eigenvalue weighted by Crippen LogP contribution is 2.25. The third-order valence-electron chi connectivity index (χ3n) is 5.15. The van der Waals surface area contributed by atoms with Crippen LogP contribution in [0.3, 0.4) is 0 Å². The Hall–Kier alpha value is -1.02. The maximum Gasteiger partial charge on any atom is 0.267 e. The minimum atomic E-state index is -0.461. The van der Waals surface area contributed by atoms with Crippen molar-refractivity contribution in [3.63, 3.8) is 0 Å². The number of nitrogens with two attached hydrogens (primary N) is 1. The van der Waals surface area contributed by atoms with Crippen molar-refractivity contribution in [2.24, 2.45) is 5.73 Å². The molecule has 1 fully saturated rings. The summed E-state index contributed by atoms with van der Waals surface area (Å²) in [5.74, 6) is 0.108. The molecule has 0 radical (unpaired) electrons. The predicted molar refractivity (Wildman–Crippen MR) is 93.7 cm³/mol. The van der Waals surface area contributed by atoms with Crippen LogP contribution in [0.15, 0.2) is 0 Å². The van der Waals surface area contributed by atoms with E-state index < -0.39 is 6.10 Å². The summed E-state index contributed by atoms with van der Waals surface area (Å²) >= 11 is 0. The van der Waals surface area contributed by atoms with Gasteiger partial charge in [0.15, 0.2) is 6.10 Å². The van der Waals surface area contributed by atoms with Gasteiger partial charge < -0.3 is 20.1 Å². The molecule has 1 amide bonds. The van der Waals surface area contributed by atoms with Crippen LogP contribution in [0.4, 0.5) is 0 Å². The van der Waals surface area contributed by atoms with Crippen LogP contribution in [0, 0.1) is 0 Å².